The fraction of sp³-hybridized carbons (Fsp3) is 0.235. The third-order valence-corrected chi connectivity index (χ3v) is 13.7. The molecule has 13 rings (SSSR count). The number of fused-ring (bicyclic) bond motifs is 6. The highest BCUT2D eigenvalue weighted by atomic mass is 79.9. The zero-order chi connectivity index (χ0) is 52.2. The summed E-state index contributed by atoms with van der Waals surface area (Å²) in [6, 6.07) is 32.3. The van der Waals surface area contributed by atoms with E-state index in [9.17, 15) is 20.2 Å². The number of anilines is 1. The van der Waals surface area contributed by atoms with Crippen LogP contribution in [0.3, 0.4) is 0 Å². The van der Waals surface area contributed by atoms with Crippen molar-refractivity contribution in [2.24, 2.45) is 21.1 Å². The Kier molecular flexibility index (Phi) is 12.8. The zero-order valence-corrected chi connectivity index (χ0v) is 42.6. The fourth-order valence-corrected chi connectivity index (χ4v) is 9.08. The lowest BCUT2D eigenvalue weighted by Gasteiger charge is -2.32. The van der Waals surface area contributed by atoms with Gasteiger partial charge in [-0.05, 0) is 128 Å². The molecule has 0 bridgehead atoms. The van der Waals surface area contributed by atoms with Gasteiger partial charge in [-0.25, -0.2) is 0 Å². The highest BCUT2D eigenvalue weighted by molar-refractivity contribution is 9.10. The standard InChI is InChI=1S/C15H11N3O4.C15H13N3O2.C13H17BO4.C8H6BrN3O2/c1-17-12-4-3-10(18(19)20)7-11(12)15(16-17)9-2-5-13-14(6-9)22-8-21-13;1-18-12-4-3-10(16)7-11(12)15(17-18)9-2-5-13-14(6-9)20-8-19-13;1-12(2)13(3,4)18-14(17-12)9-5-6-10-11(7-9)16-8-15-10;1-11-7-3-2-5(12(13)14)4-6(7)8(9)10-11/h2-7H,8H2,1H3;2-7H,8,16H2,1H3;5-7H,8H2,1-4H3;2-4H,1H3. The molecular formula is C51H47BBrN9O12. The number of ether oxygens (including phenoxy) is 6. The molecule has 1 fully saturated rings. The molecule has 9 aromatic rings. The number of benzene rings is 6. The number of nitrogens with zero attached hydrogens (tertiary/aromatic N) is 8. The van der Waals surface area contributed by atoms with Crippen molar-refractivity contribution in [3.8, 4) is 57.0 Å². The van der Waals surface area contributed by atoms with Gasteiger partial charge in [0.15, 0.2) is 34.5 Å². The van der Waals surface area contributed by atoms with Crippen LogP contribution < -0.4 is 39.6 Å². The predicted octanol–water partition coefficient (Wildman–Crippen LogP) is 9.39. The molecule has 0 amide bonds. The predicted molar refractivity (Wildman–Crippen MR) is 279 cm³/mol. The Morgan fingerprint density at radius 3 is 1.43 bits per heavy atom. The Bertz CT molecular complexity index is 3670. The lowest BCUT2D eigenvalue weighted by Crippen LogP contribution is -2.41. The molecular weight excluding hydrogens is 1020 g/mol. The second-order valence-corrected chi connectivity index (χ2v) is 19.1. The average Bonchev–Trinajstić information content (AvgIpc) is 4.27. The third kappa shape index (κ3) is 9.43. The van der Waals surface area contributed by atoms with Gasteiger partial charge in [0.1, 0.15) is 16.0 Å². The largest absolute Gasteiger partial charge is 0.494 e. The number of halogens is 1. The minimum atomic E-state index is -0.418. The van der Waals surface area contributed by atoms with Gasteiger partial charge in [0.25, 0.3) is 11.4 Å². The van der Waals surface area contributed by atoms with Crippen molar-refractivity contribution >= 4 is 78.3 Å². The topological polar surface area (TPSA) is 240 Å². The minimum Gasteiger partial charge on any atom is -0.454 e. The van der Waals surface area contributed by atoms with Crippen LogP contribution in [-0.4, -0.2) is 77.9 Å². The van der Waals surface area contributed by atoms with Crippen molar-refractivity contribution in [2.75, 3.05) is 26.1 Å². The van der Waals surface area contributed by atoms with Crippen LogP contribution in [0.4, 0.5) is 17.1 Å². The molecule has 7 heterocycles. The number of hydrogen-bond donors (Lipinski definition) is 1. The molecule has 23 heteroatoms. The molecule has 378 valence electrons. The van der Waals surface area contributed by atoms with Gasteiger partial charge in [-0.15, -0.1) is 0 Å². The lowest BCUT2D eigenvalue weighted by atomic mass is 9.79. The van der Waals surface area contributed by atoms with Crippen LogP contribution in [0.2, 0.25) is 0 Å². The number of aryl methyl sites for hydroxylation is 3. The normalized spacial score (nSPS) is 15.1. The maximum Gasteiger partial charge on any atom is 0.494 e. The van der Waals surface area contributed by atoms with Gasteiger partial charge in [-0.1, -0.05) is 6.07 Å². The molecule has 0 radical (unpaired) electrons. The molecule has 0 aliphatic carbocycles. The van der Waals surface area contributed by atoms with Crippen molar-refractivity contribution in [3.05, 3.63) is 134 Å². The summed E-state index contributed by atoms with van der Waals surface area (Å²) in [6.45, 7) is 8.92. The Morgan fingerprint density at radius 2 is 0.932 bits per heavy atom. The molecule has 0 saturated carbocycles. The first kappa shape index (κ1) is 49.2. The van der Waals surface area contributed by atoms with Gasteiger partial charge in [0.05, 0.1) is 37.6 Å². The van der Waals surface area contributed by atoms with E-state index in [1.165, 1.54) is 18.2 Å². The van der Waals surface area contributed by atoms with E-state index in [0.29, 0.717) is 21.8 Å². The summed E-state index contributed by atoms with van der Waals surface area (Å²) in [7, 11) is 5.17. The zero-order valence-electron chi connectivity index (χ0n) is 41.0. The Hall–Kier alpha value is -8.41. The van der Waals surface area contributed by atoms with Crippen LogP contribution in [0.15, 0.2) is 114 Å². The van der Waals surface area contributed by atoms with Crippen molar-refractivity contribution in [3.63, 3.8) is 0 Å². The maximum atomic E-state index is 11.0. The highest BCUT2D eigenvalue weighted by Gasteiger charge is 2.52. The first-order chi connectivity index (χ1) is 35.3. The summed E-state index contributed by atoms with van der Waals surface area (Å²) in [6.07, 6.45) is 0. The molecule has 1 saturated heterocycles. The van der Waals surface area contributed by atoms with E-state index >= 15 is 0 Å². The van der Waals surface area contributed by atoms with E-state index in [2.05, 4.69) is 31.2 Å². The first-order valence-electron chi connectivity index (χ1n) is 23.0. The Balaban J connectivity index is 0.000000114. The van der Waals surface area contributed by atoms with E-state index in [0.717, 1.165) is 83.7 Å². The number of hydrogen-bond acceptors (Lipinski definition) is 16. The number of aromatic nitrogens is 6. The SMILES string of the molecule is CC1(C)OB(c2ccc3c(c2)OCO3)OC1(C)C.Cn1nc(-c2ccc3c(c2)OCO3)c2cc(N)ccc21.Cn1nc(-c2ccc3c(c2)OCO3)c2cc([N+](=O)[O-])ccc21.Cn1nc(Br)c2cc([N+](=O)[O-])ccc21. The van der Waals surface area contributed by atoms with Crippen molar-refractivity contribution in [2.45, 2.75) is 38.9 Å². The van der Waals surface area contributed by atoms with Gasteiger partial charge in [0, 0.05) is 78.4 Å². The molecule has 4 aliphatic rings. The first-order valence-corrected chi connectivity index (χ1v) is 23.8. The van der Waals surface area contributed by atoms with E-state index in [1.54, 1.807) is 34.6 Å². The molecule has 0 atom stereocenters. The molecule has 4 aliphatic heterocycles. The number of rotatable bonds is 5. The molecule has 6 aromatic carbocycles. The van der Waals surface area contributed by atoms with E-state index in [1.807, 2.05) is 119 Å². The smallest absolute Gasteiger partial charge is 0.454 e. The Morgan fingerprint density at radius 1 is 0.527 bits per heavy atom. The molecule has 3 aromatic heterocycles. The summed E-state index contributed by atoms with van der Waals surface area (Å²) in [4.78, 5) is 20.7. The minimum absolute atomic E-state index is 0.0440. The van der Waals surface area contributed by atoms with Gasteiger partial charge in [-0.2, -0.15) is 15.3 Å². The van der Waals surface area contributed by atoms with Crippen molar-refractivity contribution in [1.82, 2.24) is 29.3 Å². The van der Waals surface area contributed by atoms with Crippen LogP contribution >= 0.6 is 15.9 Å². The van der Waals surface area contributed by atoms with Crippen molar-refractivity contribution in [1.29, 1.82) is 0 Å². The van der Waals surface area contributed by atoms with E-state index in [-0.39, 0.29) is 50.1 Å². The van der Waals surface area contributed by atoms with E-state index in [4.69, 9.17) is 43.5 Å². The van der Waals surface area contributed by atoms with Crippen LogP contribution in [0.5, 0.6) is 34.5 Å². The van der Waals surface area contributed by atoms with Crippen LogP contribution in [0.1, 0.15) is 27.7 Å². The third-order valence-electron chi connectivity index (χ3n) is 13.1. The molecule has 2 N–H and O–H groups in total. The second kappa shape index (κ2) is 19.2. The van der Waals surface area contributed by atoms with Gasteiger partial charge < -0.3 is 43.5 Å². The van der Waals surface area contributed by atoms with Crippen LogP contribution in [0, 0.1) is 20.2 Å². The average molecular weight is 1070 g/mol. The van der Waals surface area contributed by atoms with Crippen LogP contribution in [0.25, 0.3) is 55.2 Å². The summed E-state index contributed by atoms with van der Waals surface area (Å²) in [5.41, 5.74) is 13.2. The molecule has 74 heavy (non-hydrogen) atoms. The second-order valence-electron chi connectivity index (χ2n) is 18.4. The molecule has 21 nitrogen and oxygen atoms in total. The summed E-state index contributed by atoms with van der Waals surface area (Å²) < 4.78 is 49.9. The molecule has 0 unspecified atom stereocenters. The highest BCUT2D eigenvalue weighted by Crippen LogP contribution is 2.41. The number of nitrogens with two attached hydrogens (primary N) is 1. The summed E-state index contributed by atoms with van der Waals surface area (Å²) in [5.74, 6) is 4.40. The quantitative estimate of drug-likeness (QED) is 0.0730. The van der Waals surface area contributed by atoms with E-state index < -0.39 is 9.85 Å². The fourth-order valence-electron chi connectivity index (χ4n) is 8.53. The lowest BCUT2D eigenvalue weighted by molar-refractivity contribution is -0.384. The summed E-state index contributed by atoms with van der Waals surface area (Å²) in [5, 5.41) is 37.2. The number of nitro benzene ring substituents is 2. The van der Waals surface area contributed by atoms with Gasteiger partial charge >= 0.3 is 7.12 Å². The summed E-state index contributed by atoms with van der Waals surface area (Å²) >= 11 is 3.25. The Labute approximate surface area is 430 Å². The number of nitrogen functional groups attached to an aromatic ring is 1. The number of nitro groups is 2. The van der Waals surface area contributed by atoms with Crippen molar-refractivity contribution < 1.29 is 47.6 Å². The van der Waals surface area contributed by atoms with Gasteiger partial charge in [-0.3, -0.25) is 34.3 Å². The van der Waals surface area contributed by atoms with Gasteiger partial charge in [0.2, 0.25) is 20.4 Å². The maximum absolute atomic E-state index is 11.0. The van der Waals surface area contributed by atoms with Crippen LogP contribution in [-0.2, 0) is 30.5 Å². The monoisotopic (exact) mass is 1070 g/mol. The number of non-ortho nitro benzene ring substituents is 2. The molecule has 0 spiro atoms.